The Hall–Kier alpha value is -1.40. The van der Waals surface area contributed by atoms with Gasteiger partial charge in [0, 0.05) is 0 Å². The van der Waals surface area contributed by atoms with Crippen LogP contribution in [-0.4, -0.2) is 9.55 Å². The van der Waals surface area contributed by atoms with E-state index in [2.05, 4.69) is 20.9 Å². The number of thiophene rings is 1. The fourth-order valence-corrected chi connectivity index (χ4v) is 2.73. The van der Waals surface area contributed by atoms with Crippen LogP contribution in [0, 0.1) is 0 Å². The Bertz CT molecular complexity index is 728. The molecule has 0 saturated heterocycles. The van der Waals surface area contributed by atoms with Crippen LogP contribution in [0.3, 0.4) is 0 Å². The van der Waals surface area contributed by atoms with E-state index in [9.17, 15) is 4.79 Å². The maximum absolute atomic E-state index is 12.1. The average Bonchev–Trinajstić information content (AvgIpc) is 2.92. The molecule has 0 aliphatic heterocycles. The molecule has 4 nitrogen and oxygen atoms in total. The first-order chi connectivity index (χ1) is 8.24. The lowest BCUT2D eigenvalue weighted by Gasteiger charge is -2.01. The SMILES string of the molecule is O=c1c2sccc2ncn1Cc1ccc(Br)o1. The lowest BCUT2D eigenvalue weighted by molar-refractivity contribution is 0.470. The number of furan rings is 1. The predicted octanol–water partition coefficient (Wildman–Crippen LogP) is 2.86. The Balaban J connectivity index is 2.06. The summed E-state index contributed by atoms with van der Waals surface area (Å²) in [7, 11) is 0. The van der Waals surface area contributed by atoms with Gasteiger partial charge in [0.05, 0.1) is 18.4 Å². The highest BCUT2D eigenvalue weighted by Crippen LogP contribution is 2.16. The Labute approximate surface area is 109 Å². The number of hydrogen-bond acceptors (Lipinski definition) is 4. The van der Waals surface area contributed by atoms with E-state index in [1.54, 1.807) is 17.0 Å². The van der Waals surface area contributed by atoms with E-state index in [-0.39, 0.29) is 5.56 Å². The summed E-state index contributed by atoms with van der Waals surface area (Å²) in [4.78, 5) is 16.3. The zero-order valence-electron chi connectivity index (χ0n) is 8.59. The zero-order valence-corrected chi connectivity index (χ0v) is 11.0. The number of halogens is 1. The quantitative estimate of drug-likeness (QED) is 0.731. The Kier molecular flexibility index (Phi) is 2.60. The highest BCUT2D eigenvalue weighted by atomic mass is 79.9. The molecule has 6 heteroatoms. The molecule has 0 aliphatic rings. The molecule has 0 amide bonds. The van der Waals surface area contributed by atoms with Gasteiger partial charge in [0.15, 0.2) is 4.67 Å². The monoisotopic (exact) mass is 310 g/mol. The fourth-order valence-electron chi connectivity index (χ4n) is 1.60. The maximum Gasteiger partial charge on any atom is 0.271 e. The van der Waals surface area contributed by atoms with Crippen molar-refractivity contribution in [1.29, 1.82) is 0 Å². The van der Waals surface area contributed by atoms with Crippen molar-refractivity contribution >= 4 is 37.5 Å². The van der Waals surface area contributed by atoms with Crippen LogP contribution in [0.2, 0.25) is 0 Å². The van der Waals surface area contributed by atoms with E-state index < -0.39 is 0 Å². The summed E-state index contributed by atoms with van der Waals surface area (Å²) in [5.41, 5.74) is 0.717. The Morgan fingerprint density at radius 2 is 2.29 bits per heavy atom. The van der Waals surface area contributed by atoms with Crippen LogP contribution in [0.15, 0.2) is 43.8 Å². The van der Waals surface area contributed by atoms with E-state index in [4.69, 9.17) is 4.42 Å². The normalized spacial score (nSPS) is 11.1. The molecule has 17 heavy (non-hydrogen) atoms. The van der Waals surface area contributed by atoms with Gasteiger partial charge in [0.1, 0.15) is 10.5 Å². The first kappa shape index (κ1) is 10.7. The lowest BCUT2D eigenvalue weighted by Crippen LogP contribution is -2.19. The number of hydrogen-bond donors (Lipinski definition) is 0. The molecule has 3 aromatic rings. The molecule has 0 spiro atoms. The van der Waals surface area contributed by atoms with Crippen molar-refractivity contribution in [2.24, 2.45) is 0 Å². The summed E-state index contributed by atoms with van der Waals surface area (Å²) >= 11 is 4.64. The second-order valence-electron chi connectivity index (χ2n) is 3.52. The minimum atomic E-state index is -0.0301. The van der Waals surface area contributed by atoms with Crippen LogP contribution < -0.4 is 5.56 Å². The van der Waals surface area contributed by atoms with Crippen molar-refractivity contribution in [1.82, 2.24) is 9.55 Å². The third kappa shape index (κ3) is 1.94. The molecule has 0 fully saturated rings. The number of nitrogens with zero attached hydrogens (tertiary/aromatic N) is 2. The van der Waals surface area contributed by atoms with Gasteiger partial charge in [-0.25, -0.2) is 4.98 Å². The summed E-state index contributed by atoms with van der Waals surface area (Å²) in [6.45, 7) is 0.394. The molecule has 3 rings (SSSR count). The third-order valence-electron chi connectivity index (χ3n) is 2.39. The van der Waals surface area contributed by atoms with E-state index in [1.165, 1.54) is 11.3 Å². The molecule has 0 unspecified atom stereocenters. The summed E-state index contributed by atoms with van der Waals surface area (Å²) < 4.78 is 8.25. The van der Waals surface area contributed by atoms with Crippen LogP contribution in [0.1, 0.15) is 5.76 Å². The molecule has 0 aliphatic carbocycles. The number of aromatic nitrogens is 2. The molecule has 3 heterocycles. The topological polar surface area (TPSA) is 48.0 Å². The second kappa shape index (κ2) is 4.12. The first-order valence-electron chi connectivity index (χ1n) is 4.91. The highest BCUT2D eigenvalue weighted by molar-refractivity contribution is 9.10. The molecule has 0 bridgehead atoms. The van der Waals surface area contributed by atoms with E-state index >= 15 is 0 Å². The van der Waals surface area contributed by atoms with Crippen molar-refractivity contribution in [2.45, 2.75) is 6.54 Å². The molecule has 0 N–H and O–H groups in total. The van der Waals surface area contributed by atoms with Gasteiger partial charge in [0.2, 0.25) is 0 Å². The van der Waals surface area contributed by atoms with Crippen LogP contribution >= 0.6 is 27.3 Å². The van der Waals surface area contributed by atoms with Crippen LogP contribution in [0.25, 0.3) is 10.2 Å². The second-order valence-corrected chi connectivity index (χ2v) is 5.22. The molecule has 86 valence electrons. The predicted molar refractivity (Wildman–Crippen MR) is 69.4 cm³/mol. The minimum Gasteiger partial charge on any atom is -0.452 e. The van der Waals surface area contributed by atoms with Crippen molar-refractivity contribution < 1.29 is 4.42 Å². The number of rotatable bonds is 2. The van der Waals surface area contributed by atoms with Gasteiger partial charge in [-0.15, -0.1) is 11.3 Å². The van der Waals surface area contributed by atoms with E-state index in [0.29, 0.717) is 15.9 Å². The van der Waals surface area contributed by atoms with Crippen molar-refractivity contribution in [3.8, 4) is 0 Å². The van der Waals surface area contributed by atoms with Gasteiger partial charge in [0.25, 0.3) is 5.56 Å². The summed E-state index contributed by atoms with van der Waals surface area (Å²) in [6, 6.07) is 5.47. The summed E-state index contributed by atoms with van der Waals surface area (Å²) in [5.74, 6) is 0.719. The summed E-state index contributed by atoms with van der Waals surface area (Å²) in [5, 5.41) is 1.87. The van der Waals surface area contributed by atoms with Gasteiger partial charge >= 0.3 is 0 Å². The van der Waals surface area contributed by atoms with Gasteiger partial charge in [-0.3, -0.25) is 9.36 Å². The van der Waals surface area contributed by atoms with Crippen molar-refractivity contribution in [3.05, 3.63) is 50.7 Å². The van der Waals surface area contributed by atoms with Crippen molar-refractivity contribution in [2.75, 3.05) is 0 Å². The fraction of sp³-hybridized carbons (Fsp3) is 0.0909. The Morgan fingerprint density at radius 1 is 1.41 bits per heavy atom. The molecular weight excluding hydrogens is 304 g/mol. The van der Waals surface area contributed by atoms with Crippen LogP contribution in [0.4, 0.5) is 0 Å². The minimum absolute atomic E-state index is 0.0301. The molecule has 0 aromatic carbocycles. The average molecular weight is 311 g/mol. The first-order valence-corrected chi connectivity index (χ1v) is 6.58. The van der Waals surface area contributed by atoms with Crippen LogP contribution in [-0.2, 0) is 6.54 Å². The number of fused-ring (bicyclic) bond motifs is 1. The summed E-state index contributed by atoms with van der Waals surface area (Å²) in [6.07, 6.45) is 1.55. The maximum atomic E-state index is 12.1. The van der Waals surface area contributed by atoms with Gasteiger partial charge in [-0.05, 0) is 39.5 Å². The molecule has 0 radical (unpaired) electrons. The largest absolute Gasteiger partial charge is 0.452 e. The molecular formula is C11H7BrN2O2S. The zero-order chi connectivity index (χ0) is 11.8. The molecule has 3 aromatic heterocycles. The van der Waals surface area contributed by atoms with Gasteiger partial charge < -0.3 is 4.42 Å². The molecule has 0 atom stereocenters. The van der Waals surface area contributed by atoms with Crippen LogP contribution in [0.5, 0.6) is 0 Å². The highest BCUT2D eigenvalue weighted by Gasteiger charge is 2.07. The van der Waals surface area contributed by atoms with Gasteiger partial charge in [-0.1, -0.05) is 0 Å². The van der Waals surface area contributed by atoms with E-state index in [1.807, 2.05) is 17.5 Å². The third-order valence-corrected chi connectivity index (χ3v) is 3.71. The lowest BCUT2D eigenvalue weighted by atomic mass is 10.4. The Morgan fingerprint density at radius 3 is 3.06 bits per heavy atom. The van der Waals surface area contributed by atoms with Crippen molar-refractivity contribution in [3.63, 3.8) is 0 Å². The van der Waals surface area contributed by atoms with E-state index in [0.717, 1.165) is 11.3 Å². The molecule has 0 saturated carbocycles. The smallest absolute Gasteiger partial charge is 0.271 e. The van der Waals surface area contributed by atoms with Gasteiger partial charge in [-0.2, -0.15) is 0 Å². The standard InChI is InChI=1S/C11H7BrN2O2S/c12-9-2-1-7(16-9)5-14-6-13-8-3-4-17-10(8)11(14)15/h1-4,6H,5H2.